The maximum absolute atomic E-state index is 13.8. The topological polar surface area (TPSA) is 64.5 Å². The highest BCUT2D eigenvalue weighted by Gasteiger charge is 2.25. The van der Waals surface area contributed by atoms with Crippen LogP contribution in [-0.4, -0.2) is 47.1 Å². The number of piperidine rings is 1. The summed E-state index contributed by atoms with van der Waals surface area (Å²) in [6, 6.07) is 5.99. The van der Waals surface area contributed by atoms with Gasteiger partial charge in [-0.05, 0) is 25.1 Å². The molecule has 25 heavy (non-hydrogen) atoms. The molecule has 3 rings (SSSR count). The Morgan fingerprint density at radius 3 is 2.68 bits per heavy atom. The first-order valence-corrected chi connectivity index (χ1v) is 8.16. The Bertz CT molecular complexity index is 761. The van der Waals surface area contributed by atoms with Crippen LogP contribution in [0.2, 0.25) is 0 Å². The highest BCUT2D eigenvalue weighted by atomic mass is 19.1. The Kier molecular flexibility index (Phi) is 5.11. The summed E-state index contributed by atoms with van der Waals surface area (Å²) in [5.74, 6) is 0.619. The highest BCUT2D eigenvalue weighted by Crippen LogP contribution is 2.21. The molecular formula is C18H20FN3O3. The maximum Gasteiger partial charge on any atom is 0.253 e. The van der Waals surface area contributed by atoms with Crippen LogP contribution in [0.4, 0.5) is 4.39 Å². The van der Waals surface area contributed by atoms with Gasteiger partial charge in [0.15, 0.2) is 11.6 Å². The van der Waals surface area contributed by atoms with E-state index in [1.807, 2.05) is 6.92 Å². The molecule has 6 nitrogen and oxygen atoms in total. The van der Waals surface area contributed by atoms with E-state index in [0.29, 0.717) is 43.2 Å². The zero-order valence-corrected chi connectivity index (χ0v) is 14.2. The number of hydrogen-bond donors (Lipinski definition) is 0. The van der Waals surface area contributed by atoms with Gasteiger partial charge in [-0.1, -0.05) is 0 Å². The zero-order valence-electron chi connectivity index (χ0n) is 14.2. The quantitative estimate of drug-likeness (QED) is 0.852. The largest absolute Gasteiger partial charge is 0.494 e. The van der Waals surface area contributed by atoms with E-state index in [-0.39, 0.29) is 17.8 Å². The molecule has 1 amide bonds. The van der Waals surface area contributed by atoms with E-state index >= 15 is 0 Å². The lowest BCUT2D eigenvalue weighted by Crippen LogP contribution is -2.41. The molecule has 0 bridgehead atoms. The van der Waals surface area contributed by atoms with Gasteiger partial charge in [0.1, 0.15) is 11.9 Å². The van der Waals surface area contributed by atoms with E-state index in [1.54, 1.807) is 23.2 Å². The molecule has 0 saturated carbocycles. The van der Waals surface area contributed by atoms with Crippen molar-refractivity contribution in [3.63, 3.8) is 0 Å². The minimum absolute atomic E-state index is 0.00551. The SMILES string of the molecule is COc1ccc(C(=O)N2CCC(Oc3ccnc(C)n3)CC2)cc1F. The Morgan fingerprint density at radius 2 is 2.04 bits per heavy atom. The predicted octanol–water partition coefficient (Wildman–Crippen LogP) is 2.62. The second-order valence-corrected chi connectivity index (χ2v) is 5.90. The smallest absolute Gasteiger partial charge is 0.253 e. The average Bonchev–Trinajstić information content (AvgIpc) is 2.62. The van der Waals surface area contributed by atoms with Crippen molar-refractivity contribution in [3.8, 4) is 11.6 Å². The Labute approximate surface area is 145 Å². The van der Waals surface area contributed by atoms with Gasteiger partial charge in [0.25, 0.3) is 5.91 Å². The standard InChI is InChI=1S/C18H20FN3O3/c1-12-20-8-5-17(21-12)25-14-6-9-22(10-7-14)18(23)13-3-4-16(24-2)15(19)11-13/h3-5,8,11,14H,6-7,9-10H2,1-2H3. The van der Waals surface area contributed by atoms with Crippen LogP contribution in [0.1, 0.15) is 29.0 Å². The maximum atomic E-state index is 13.8. The van der Waals surface area contributed by atoms with E-state index < -0.39 is 5.82 Å². The van der Waals surface area contributed by atoms with Crippen molar-refractivity contribution in [2.75, 3.05) is 20.2 Å². The molecule has 132 valence electrons. The van der Waals surface area contributed by atoms with E-state index in [2.05, 4.69) is 9.97 Å². The van der Waals surface area contributed by atoms with Crippen molar-refractivity contribution in [2.24, 2.45) is 0 Å². The molecule has 1 fully saturated rings. The van der Waals surface area contributed by atoms with Crippen LogP contribution >= 0.6 is 0 Å². The molecule has 1 aliphatic heterocycles. The second kappa shape index (κ2) is 7.46. The number of aromatic nitrogens is 2. The van der Waals surface area contributed by atoms with Crippen LogP contribution in [0.5, 0.6) is 11.6 Å². The van der Waals surface area contributed by atoms with Crippen molar-refractivity contribution in [3.05, 3.63) is 47.7 Å². The highest BCUT2D eigenvalue weighted by molar-refractivity contribution is 5.94. The lowest BCUT2D eigenvalue weighted by molar-refractivity contribution is 0.0587. The summed E-state index contributed by atoms with van der Waals surface area (Å²) in [5.41, 5.74) is 0.323. The lowest BCUT2D eigenvalue weighted by Gasteiger charge is -2.32. The molecular weight excluding hydrogens is 325 g/mol. The average molecular weight is 345 g/mol. The summed E-state index contributed by atoms with van der Waals surface area (Å²) < 4.78 is 24.5. The fourth-order valence-electron chi connectivity index (χ4n) is 2.83. The van der Waals surface area contributed by atoms with Crippen LogP contribution in [0, 0.1) is 12.7 Å². The number of likely N-dealkylation sites (tertiary alicyclic amines) is 1. The van der Waals surface area contributed by atoms with Crippen molar-refractivity contribution in [2.45, 2.75) is 25.9 Å². The molecule has 2 heterocycles. The third-order valence-electron chi connectivity index (χ3n) is 4.17. The summed E-state index contributed by atoms with van der Waals surface area (Å²) in [7, 11) is 1.39. The Morgan fingerprint density at radius 1 is 1.28 bits per heavy atom. The number of aryl methyl sites for hydroxylation is 1. The van der Waals surface area contributed by atoms with Crippen molar-refractivity contribution >= 4 is 5.91 Å². The second-order valence-electron chi connectivity index (χ2n) is 5.90. The van der Waals surface area contributed by atoms with E-state index in [4.69, 9.17) is 9.47 Å². The monoisotopic (exact) mass is 345 g/mol. The van der Waals surface area contributed by atoms with Crippen molar-refractivity contribution in [1.82, 2.24) is 14.9 Å². The Hall–Kier alpha value is -2.70. The molecule has 1 aliphatic rings. The van der Waals surface area contributed by atoms with Gasteiger partial charge in [-0.25, -0.2) is 9.37 Å². The van der Waals surface area contributed by atoms with Gasteiger partial charge in [-0.15, -0.1) is 0 Å². The minimum atomic E-state index is -0.536. The molecule has 7 heteroatoms. The van der Waals surface area contributed by atoms with Crippen LogP contribution in [0.15, 0.2) is 30.5 Å². The van der Waals surface area contributed by atoms with Crippen LogP contribution in [-0.2, 0) is 0 Å². The molecule has 1 aromatic heterocycles. The number of hydrogen-bond acceptors (Lipinski definition) is 5. The number of benzene rings is 1. The van der Waals surface area contributed by atoms with Gasteiger partial charge >= 0.3 is 0 Å². The third-order valence-corrected chi connectivity index (χ3v) is 4.17. The number of carbonyl (C=O) groups excluding carboxylic acids is 1. The zero-order chi connectivity index (χ0) is 17.8. The molecule has 0 aliphatic carbocycles. The Balaban J connectivity index is 1.58. The van der Waals surface area contributed by atoms with E-state index in [0.717, 1.165) is 0 Å². The molecule has 0 N–H and O–H groups in total. The number of methoxy groups -OCH3 is 1. The molecule has 0 atom stereocenters. The van der Waals surface area contributed by atoms with Crippen LogP contribution < -0.4 is 9.47 Å². The van der Waals surface area contributed by atoms with E-state index in [9.17, 15) is 9.18 Å². The molecule has 2 aromatic rings. The predicted molar refractivity (Wildman–Crippen MR) is 89.3 cm³/mol. The van der Waals surface area contributed by atoms with Crippen LogP contribution in [0.25, 0.3) is 0 Å². The molecule has 1 aromatic carbocycles. The number of halogens is 1. The summed E-state index contributed by atoms with van der Waals surface area (Å²) in [4.78, 5) is 22.5. The number of ether oxygens (including phenoxy) is 2. The van der Waals surface area contributed by atoms with Gasteiger partial charge in [0.2, 0.25) is 5.88 Å². The minimum Gasteiger partial charge on any atom is -0.494 e. The van der Waals surface area contributed by atoms with E-state index in [1.165, 1.54) is 19.2 Å². The third kappa shape index (κ3) is 4.04. The van der Waals surface area contributed by atoms with Crippen LogP contribution in [0.3, 0.4) is 0 Å². The summed E-state index contributed by atoms with van der Waals surface area (Å²) >= 11 is 0. The van der Waals surface area contributed by atoms with Crippen molar-refractivity contribution < 1.29 is 18.7 Å². The normalized spacial score (nSPS) is 15.1. The lowest BCUT2D eigenvalue weighted by atomic mass is 10.1. The fraction of sp³-hybridized carbons (Fsp3) is 0.389. The first-order valence-electron chi connectivity index (χ1n) is 8.16. The van der Waals surface area contributed by atoms with Gasteiger partial charge < -0.3 is 14.4 Å². The molecule has 0 spiro atoms. The van der Waals surface area contributed by atoms with Crippen molar-refractivity contribution in [1.29, 1.82) is 0 Å². The van der Waals surface area contributed by atoms with Gasteiger partial charge in [0, 0.05) is 43.8 Å². The first kappa shape index (κ1) is 17.1. The number of rotatable bonds is 4. The summed E-state index contributed by atoms with van der Waals surface area (Å²) in [6.07, 6.45) is 3.07. The van der Waals surface area contributed by atoms with Gasteiger partial charge in [0.05, 0.1) is 7.11 Å². The number of nitrogens with zero attached hydrogens (tertiary/aromatic N) is 3. The molecule has 0 radical (unpaired) electrons. The summed E-state index contributed by atoms with van der Waals surface area (Å²) in [6.45, 7) is 2.92. The molecule has 1 saturated heterocycles. The van der Waals surface area contributed by atoms with Gasteiger partial charge in [-0.2, -0.15) is 4.98 Å². The van der Waals surface area contributed by atoms with Gasteiger partial charge in [-0.3, -0.25) is 4.79 Å². The molecule has 0 unspecified atom stereocenters. The fourth-order valence-corrected chi connectivity index (χ4v) is 2.83. The summed E-state index contributed by atoms with van der Waals surface area (Å²) in [5, 5.41) is 0. The number of carbonyl (C=O) groups is 1. The number of amides is 1. The first-order chi connectivity index (χ1) is 12.1.